The molecular weight excluding hydrogens is 276 g/mol. The average molecular weight is 300 g/mol. The van der Waals surface area contributed by atoms with E-state index in [1.165, 1.54) is 36.0 Å². The van der Waals surface area contributed by atoms with Gasteiger partial charge in [0.2, 0.25) is 11.8 Å². The van der Waals surface area contributed by atoms with Crippen LogP contribution in [0.2, 0.25) is 0 Å². The third kappa shape index (κ3) is 3.01. The van der Waals surface area contributed by atoms with Crippen LogP contribution < -0.4 is 10.6 Å². The molecule has 0 saturated carbocycles. The molecule has 1 aromatic carbocycles. The van der Waals surface area contributed by atoms with Crippen molar-refractivity contribution < 1.29 is 9.59 Å². The molecular formula is C18H24N2O2. The molecule has 22 heavy (non-hydrogen) atoms. The summed E-state index contributed by atoms with van der Waals surface area (Å²) in [6.07, 6.45) is 6.15. The number of aryl methyl sites for hydroxylation is 1. The second-order valence-corrected chi connectivity index (χ2v) is 6.39. The van der Waals surface area contributed by atoms with Gasteiger partial charge in [-0.05, 0) is 54.7 Å². The molecule has 0 spiro atoms. The van der Waals surface area contributed by atoms with Crippen LogP contribution in [0.1, 0.15) is 67.2 Å². The summed E-state index contributed by atoms with van der Waals surface area (Å²) in [6.45, 7) is 0. The van der Waals surface area contributed by atoms with Gasteiger partial charge in [-0.3, -0.25) is 9.59 Å². The highest BCUT2D eigenvalue weighted by molar-refractivity contribution is 5.79. The Morgan fingerprint density at radius 1 is 1.23 bits per heavy atom. The molecule has 118 valence electrons. The van der Waals surface area contributed by atoms with E-state index in [1.807, 2.05) is 0 Å². The number of hydrogen-bond acceptors (Lipinski definition) is 2. The van der Waals surface area contributed by atoms with Gasteiger partial charge in [0.25, 0.3) is 0 Å². The number of nitrogens with one attached hydrogen (secondary N) is 2. The van der Waals surface area contributed by atoms with Gasteiger partial charge < -0.3 is 10.6 Å². The van der Waals surface area contributed by atoms with Gasteiger partial charge in [-0.1, -0.05) is 18.2 Å². The highest BCUT2D eigenvalue weighted by atomic mass is 16.2. The van der Waals surface area contributed by atoms with Gasteiger partial charge in [-0.25, -0.2) is 0 Å². The normalized spacial score (nSPS) is 22.0. The number of amides is 2. The van der Waals surface area contributed by atoms with Crippen LogP contribution >= 0.6 is 0 Å². The predicted octanol–water partition coefficient (Wildman–Crippen LogP) is 2.58. The maximum atomic E-state index is 12.1. The lowest BCUT2D eigenvalue weighted by atomic mass is 9.84. The van der Waals surface area contributed by atoms with Crippen LogP contribution in [0.3, 0.4) is 0 Å². The van der Waals surface area contributed by atoms with Crippen LogP contribution in [-0.4, -0.2) is 18.9 Å². The highest BCUT2D eigenvalue weighted by Gasteiger charge is 2.34. The molecule has 0 fully saturated rings. The summed E-state index contributed by atoms with van der Waals surface area (Å²) in [7, 11) is 1.62. The molecule has 2 N–H and O–H groups in total. The van der Waals surface area contributed by atoms with Gasteiger partial charge in [0.05, 0.1) is 6.04 Å². The first-order valence-electron chi connectivity index (χ1n) is 8.30. The predicted molar refractivity (Wildman–Crippen MR) is 85.5 cm³/mol. The molecule has 0 saturated heterocycles. The average Bonchev–Trinajstić information content (AvgIpc) is 2.87. The molecule has 0 aromatic heterocycles. The summed E-state index contributed by atoms with van der Waals surface area (Å²) in [4.78, 5) is 23.3. The second-order valence-electron chi connectivity index (χ2n) is 6.39. The zero-order valence-electron chi connectivity index (χ0n) is 13.2. The number of carbonyl (C=O) groups is 2. The van der Waals surface area contributed by atoms with E-state index in [9.17, 15) is 9.59 Å². The summed E-state index contributed by atoms with van der Waals surface area (Å²) >= 11 is 0. The topological polar surface area (TPSA) is 58.2 Å². The fourth-order valence-electron chi connectivity index (χ4n) is 3.92. The molecule has 1 aromatic rings. The highest BCUT2D eigenvalue weighted by Crippen LogP contribution is 2.47. The molecule has 2 aliphatic carbocycles. The van der Waals surface area contributed by atoms with Crippen molar-refractivity contribution in [3.8, 4) is 0 Å². The quantitative estimate of drug-likeness (QED) is 0.878. The lowest BCUT2D eigenvalue weighted by molar-refractivity contribution is -0.122. The molecule has 4 nitrogen and oxygen atoms in total. The summed E-state index contributed by atoms with van der Waals surface area (Å²) in [6, 6.07) is 6.68. The third-order valence-corrected chi connectivity index (χ3v) is 4.95. The molecule has 0 unspecified atom stereocenters. The second kappa shape index (κ2) is 6.51. The summed E-state index contributed by atoms with van der Waals surface area (Å²) in [5.74, 6) is 0.677. The van der Waals surface area contributed by atoms with Crippen molar-refractivity contribution >= 4 is 11.8 Å². The van der Waals surface area contributed by atoms with Crippen molar-refractivity contribution in [2.75, 3.05) is 7.05 Å². The van der Waals surface area contributed by atoms with Gasteiger partial charge in [0.1, 0.15) is 0 Å². The SMILES string of the molecule is CNC(=O)CCCC(=O)N[C@@H]1C[C@H]2CCCc3cccc1c32. The number of hydrogen-bond donors (Lipinski definition) is 2. The third-order valence-electron chi connectivity index (χ3n) is 4.95. The molecule has 4 heteroatoms. The summed E-state index contributed by atoms with van der Waals surface area (Å²) < 4.78 is 0. The van der Waals surface area contributed by atoms with Gasteiger partial charge in [0.15, 0.2) is 0 Å². The fraction of sp³-hybridized carbons (Fsp3) is 0.556. The van der Waals surface area contributed by atoms with E-state index in [-0.39, 0.29) is 17.9 Å². The van der Waals surface area contributed by atoms with Crippen molar-refractivity contribution in [2.45, 2.75) is 56.9 Å². The van der Waals surface area contributed by atoms with Crippen molar-refractivity contribution in [1.82, 2.24) is 10.6 Å². The Balaban J connectivity index is 1.60. The Hall–Kier alpha value is -1.84. The van der Waals surface area contributed by atoms with E-state index in [1.54, 1.807) is 7.05 Å². The van der Waals surface area contributed by atoms with Crippen molar-refractivity contribution in [2.24, 2.45) is 0 Å². The van der Waals surface area contributed by atoms with Gasteiger partial charge >= 0.3 is 0 Å². The first-order chi connectivity index (χ1) is 10.7. The van der Waals surface area contributed by atoms with Crippen LogP contribution in [0.15, 0.2) is 18.2 Å². The van der Waals surface area contributed by atoms with E-state index in [0.29, 0.717) is 25.2 Å². The van der Waals surface area contributed by atoms with Crippen LogP contribution in [0.5, 0.6) is 0 Å². The molecule has 0 heterocycles. The zero-order valence-corrected chi connectivity index (χ0v) is 13.2. The Morgan fingerprint density at radius 3 is 2.86 bits per heavy atom. The molecule has 3 rings (SSSR count). The van der Waals surface area contributed by atoms with E-state index in [0.717, 1.165) is 6.42 Å². The fourth-order valence-corrected chi connectivity index (χ4v) is 3.92. The van der Waals surface area contributed by atoms with Crippen molar-refractivity contribution in [3.63, 3.8) is 0 Å². The Morgan fingerprint density at radius 2 is 2.05 bits per heavy atom. The van der Waals surface area contributed by atoms with Gasteiger partial charge in [-0.15, -0.1) is 0 Å². The first-order valence-corrected chi connectivity index (χ1v) is 8.30. The van der Waals surface area contributed by atoms with E-state index >= 15 is 0 Å². The number of benzene rings is 1. The van der Waals surface area contributed by atoms with Crippen LogP contribution in [-0.2, 0) is 16.0 Å². The number of rotatable bonds is 5. The molecule has 0 bridgehead atoms. The minimum Gasteiger partial charge on any atom is -0.359 e. The van der Waals surface area contributed by atoms with Crippen molar-refractivity contribution in [3.05, 3.63) is 34.9 Å². The van der Waals surface area contributed by atoms with Crippen LogP contribution in [0.25, 0.3) is 0 Å². The smallest absolute Gasteiger partial charge is 0.220 e. The number of carbonyl (C=O) groups excluding carboxylic acids is 2. The van der Waals surface area contributed by atoms with E-state index in [4.69, 9.17) is 0 Å². The minimum absolute atomic E-state index is 0.00499. The molecule has 2 aliphatic rings. The molecule has 2 atom stereocenters. The van der Waals surface area contributed by atoms with Gasteiger partial charge in [0, 0.05) is 19.9 Å². The minimum atomic E-state index is -0.00499. The van der Waals surface area contributed by atoms with Crippen molar-refractivity contribution in [1.29, 1.82) is 0 Å². The molecule has 0 radical (unpaired) electrons. The molecule has 2 amide bonds. The first kappa shape index (κ1) is 15.1. The Bertz CT molecular complexity index is 582. The Labute approximate surface area is 131 Å². The lowest BCUT2D eigenvalue weighted by Gasteiger charge is -2.20. The zero-order chi connectivity index (χ0) is 15.5. The van der Waals surface area contributed by atoms with Gasteiger partial charge in [-0.2, -0.15) is 0 Å². The standard InChI is InChI=1S/C18H24N2O2/c1-19-16(21)9-4-10-17(22)20-15-11-13-7-2-5-12-6-3-8-14(15)18(12)13/h3,6,8,13,15H,2,4-5,7,9-11H2,1H3,(H,19,21)(H,20,22)/t13-,15-/m1/s1. The lowest BCUT2D eigenvalue weighted by Crippen LogP contribution is -2.27. The maximum absolute atomic E-state index is 12.1. The largest absolute Gasteiger partial charge is 0.359 e. The van der Waals surface area contributed by atoms with Crippen LogP contribution in [0, 0.1) is 0 Å². The van der Waals surface area contributed by atoms with E-state index < -0.39 is 0 Å². The molecule has 0 aliphatic heterocycles. The summed E-state index contributed by atoms with van der Waals surface area (Å²) in [5.41, 5.74) is 4.30. The monoisotopic (exact) mass is 300 g/mol. The maximum Gasteiger partial charge on any atom is 0.220 e. The van der Waals surface area contributed by atoms with Crippen LogP contribution in [0.4, 0.5) is 0 Å². The summed E-state index contributed by atoms with van der Waals surface area (Å²) in [5, 5.41) is 5.76. The Kier molecular flexibility index (Phi) is 4.46. The van der Waals surface area contributed by atoms with E-state index in [2.05, 4.69) is 28.8 Å².